The van der Waals surface area contributed by atoms with Crippen molar-refractivity contribution < 1.29 is 9.47 Å². The second kappa shape index (κ2) is 6.74. The molecule has 2 N–H and O–H groups in total. The first kappa shape index (κ1) is 13.3. The average Bonchev–Trinajstić information content (AvgIpc) is 2.44. The van der Waals surface area contributed by atoms with E-state index in [-0.39, 0.29) is 12.6 Å². The smallest absolute Gasteiger partial charge is 0.318 e. The van der Waals surface area contributed by atoms with Crippen molar-refractivity contribution in [1.82, 2.24) is 19.9 Å². The molecule has 0 unspecified atom stereocenters. The molecule has 0 aromatic carbocycles. The van der Waals surface area contributed by atoms with Gasteiger partial charge in [-0.3, -0.25) is 0 Å². The highest BCUT2D eigenvalue weighted by atomic mass is 32.2. The van der Waals surface area contributed by atoms with Crippen LogP contribution in [0.5, 0.6) is 12.0 Å². The Labute approximate surface area is 114 Å². The molecule has 2 heterocycles. The number of rotatable bonds is 6. The lowest BCUT2D eigenvalue weighted by atomic mass is 10.6. The van der Waals surface area contributed by atoms with Gasteiger partial charge in [-0.2, -0.15) is 4.98 Å². The van der Waals surface area contributed by atoms with E-state index in [0.717, 1.165) is 4.90 Å². The van der Waals surface area contributed by atoms with Crippen molar-refractivity contribution in [2.75, 3.05) is 25.2 Å². The SMILES string of the molecule is CSc1cnc(OCCOc2nccc(N)n2)nc1. The average molecular weight is 279 g/mol. The first-order chi connectivity index (χ1) is 9.28. The second-order valence-corrected chi connectivity index (χ2v) is 4.25. The summed E-state index contributed by atoms with van der Waals surface area (Å²) in [6.45, 7) is 0.591. The van der Waals surface area contributed by atoms with E-state index in [1.807, 2.05) is 6.26 Å². The minimum Gasteiger partial charge on any atom is -0.460 e. The number of aromatic nitrogens is 4. The van der Waals surface area contributed by atoms with Crippen LogP contribution in [-0.4, -0.2) is 39.4 Å². The molecule has 0 aliphatic heterocycles. The van der Waals surface area contributed by atoms with Gasteiger partial charge < -0.3 is 15.2 Å². The molecular formula is C11H13N5O2S. The number of thioether (sulfide) groups is 1. The van der Waals surface area contributed by atoms with Crippen molar-refractivity contribution >= 4 is 17.6 Å². The zero-order valence-electron chi connectivity index (χ0n) is 10.3. The van der Waals surface area contributed by atoms with Crippen LogP contribution in [0.4, 0.5) is 5.82 Å². The molecule has 2 aromatic heterocycles. The molecule has 0 radical (unpaired) electrons. The van der Waals surface area contributed by atoms with Gasteiger partial charge in [-0.1, -0.05) is 0 Å². The van der Waals surface area contributed by atoms with Crippen molar-refractivity contribution in [3.05, 3.63) is 24.7 Å². The summed E-state index contributed by atoms with van der Waals surface area (Å²) in [5, 5.41) is 0. The number of hydrogen-bond acceptors (Lipinski definition) is 8. The topological polar surface area (TPSA) is 96.0 Å². The van der Waals surface area contributed by atoms with E-state index in [0.29, 0.717) is 18.4 Å². The Kier molecular flexibility index (Phi) is 4.73. The normalized spacial score (nSPS) is 10.2. The molecule has 2 aromatic rings. The molecule has 0 fully saturated rings. The lowest BCUT2D eigenvalue weighted by Crippen LogP contribution is -2.12. The van der Waals surface area contributed by atoms with E-state index in [2.05, 4.69) is 19.9 Å². The van der Waals surface area contributed by atoms with Crippen molar-refractivity contribution in [2.24, 2.45) is 0 Å². The first-order valence-corrected chi connectivity index (χ1v) is 6.70. The second-order valence-electron chi connectivity index (χ2n) is 3.37. The van der Waals surface area contributed by atoms with Gasteiger partial charge in [-0.15, -0.1) is 11.8 Å². The Hall–Kier alpha value is -2.09. The van der Waals surface area contributed by atoms with E-state index >= 15 is 0 Å². The number of nitrogens with two attached hydrogens (primary N) is 1. The summed E-state index contributed by atoms with van der Waals surface area (Å²) in [7, 11) is 0. The Balaban J connectivity index is 1.74. The molecule has 0 atom stereocenters. The fourth-order valence-electron chi connectivity index (χ4n) is 1.17. The van der Waals surface area contributed by atoms with E-state index in [4.69, 9.17) is 15.2 Å². The summed E-state index contributed by atoms with van der Waals surface area (Å²) in [5.41, 5.74) is 5.50. The molecule has 0 bridgehead atoms. The molecule has 19 heavy (non-hydrogen) atoms. The molecule has 0 aliphatic rings. The summed E-state index contributed by atoms with van der Waals surface area (Å²) in [6, 6.07) is 2.13. The third-order valence-electron chi connectivity index (χ3n) is 2.04. The van der Waals surface area contributed by atoms with Gasteiger partial charge in [-0.05, 0) is 12.3 Å². The minimum atomic E-state index is 0.224. The lowest BCUT2D eigenvalue weighted by Gasteiger charge is -2.06. The van der Waals surface area contributed by atoms with E-state index in [1.54, 1.807) is 30.2 Å². The molecule has 0 aliphatic carbocycles. The highest BCUT2D eigenvalue weighted by molar-refractivity contribution is 7.98. The number of anilines is 1. The fraction of sp³-hybridized carbons (Fsp3) is 0.273. The van der Waals surface area contributed by atoms with Crippen molar-refractivity contribution in [3.63, 3.8) is 0 Å². The van der Waals surface area contributed by atoms with Gasteiger partial charge in [-0.25, -0.2) is 15.0 Å². The summed E-state index contributed by atoms with van der Waals surface area (Å²) in [5.74, 6) is 0.363. The zero-order valence-corrected chi connectivity index (χ0v) is 11.1. The molecule has 7 nitrogen and oxygen atoms in total. The van der Waals surface area contributed by atoms with Crippen LogP contribution >= 0.6 is 11.8 Å². The third kappa shape index (κ3) is 4.25. The minimum absolute atomic E-state index is 0.224. The van der Waals surface area contributed by atoms with Crippen LogP contribution in [0, 0.1) is 0 Å². The highest BCUT2D eigenvalue weighted by Gasteiger charge is 2.00. The standard InChI is InChI=1S/C11H13N5O2S/c1-19-8-6-14-10(15-7-8)17-4-5-18-11-13-3-2-9(12)16-11/h2-3,6-7H,4-5H2,1H3,(H2,12,13,16). The number of nitrogens with zero attached hydrogens (tertiary/aromatic N) is 4. The Bertz CT molecular complexity index is 523. The largest absolute Gasteiger partial charge is 0.460 e. The molecule has 0 saturated carbocycles. The van der Waals surface area contributed by atoms with Crippen LogP contribution in [0.2, 0.25) is 0 Å². The van der Waals surface area contributed by atoms with E-state index in [9.17, 15) is 0 Å². The highest BCUT2D eigenvalue weighted by Crippen LogP contribution is 2.12. The molecule has 0 spiro atoms. The van der Waals surface area contributed by atoms with Crippen LogP contribution in [0.1, 0.15) is 0 Å². The predicted molar refractivity (Wildman–Crippen MR) is 71.2 cm³/mol. The quantitative estimate of drug-likeness (QED) is 0.618. The summed E-state index contributed by atoms with van der Waals surface area (Å²) >= 11 is 1.57. The van der Waals surface area contributed by atoms with Crippen LogP contribution in [0.25, 0.3) is 0 Å². The number of ether oxygens (including phenoxy) is 2. The van der Waals surface area contributed by atoms with E-state index < -0.39 is 0 Å². The maximum atomic E-state index is 5.50. The molecule has 0 saturated heterocycles. The molecule has 8 heteroatoms. The number of nitrogen functional groups attached to an aromatic ring is 1. The molecule has 100 valence electrons. The Morgan fingerprint density at radius 3 is 2.42 bits per heavy atom. The molecular weight excluding hydrogens is 266 g/mol. The van der Waals surface area contributed by atoms with Crippen LogP contribution in [-0.2, 0) is 0 Å². The monoisotopic (exact) mass is 279 g/mol. The Morgan fingerprint density at radius 2 is 1.79 bits per heavy atom. The van der Waals surface area contributed by atoms with Gasteiger partial charge in [0.05, 0.1) is 0 Å². The van der Waals surface area contributed by atoms with Gasteiger partial charge in [0.2, 0.25) is 0 Å². The maximum Gasteiger partial charge on any atom is 0.318 e. The van der Waals surface area contributed by atoms with Gasteiger partial charge >= 0.3 is 12.0 Å². The maximum absolute atomic E-state index is 5.50. The van der Waals surface area contributed by atoms with E-state index in [1.165, 1.54) is 6.20 Å². The van der Waals surface area contributed by atoms with Gasteiger partial charge in [0.1, 0.15) is 19.0 Å². The van der Waals surface area contributed by atoms with Crippen molar-refractivity contribution in [1.29, 1.82) is 0 Å². The van der Waals surface area contributed by atoms with Crippen LogP contribution in [0.15, 0.2) is 29.6 Å². The van der Waals surface area contributed by atoms with Gasteiger partial charge in [0, 0.05) is 23.5 Å². The zero-order chi connectivity index (χ0) is 13.5. The lowest BCUT2D eigenvalue weighted by molar-refractivity contribution is 0.196. The third-order valence-corrected chi connectivity index (χ3v) is 2.72. The Morgan fingerprint density at radius 1 is 1.11 bits per heavy atom. The predicted octanol–water partition coefficient (Wildman–Crippen LogP) is 1.03. The van der Waals surface area contributed by atoms with Gasteiger partial charge in [0.15, 0.2) is 0 Å². The van der Waals surface area contributed by atoms with Crippen LogP contribution in [0.3, 0.4) is 0 Å². The summed E-state index contributed by atoms with van der Waals surface area (Å²) in [4.78, 5) is 16.9. The van der Waals surface area contributed by atoms with Gasteiger partial charge in [0.25, 0.3) is 0 Å². The summed E-state index contributed by atoms with van der Waals surface area (Å²) in [6.07, 6.45) is 6.89. The fourth-order valence-corrected chi connectivity index (χ4v) is 1.49. The van der Waals surface area contributed by atoms with Crippen molar-refractivity contribution in [3.8, 4) is 12.0 Å². The van der Waals surface area contributed by atoms with Crippen molar-refractivity contribution in [2.45, 2.75) is 4.90 Å². The molecule has 0 amide bonds. The van der Waals surface area contributed by atoms with Crippen LogP contribution < -0.4 is 15.2 Å². The first-order valence-electron chi connectivity index (χ1n) is 5.48. The molecule has 2 rings (SSSR count). The summed E-state index contributed by atoms with van der Waals surface area (Å²) < 4.78 is 10.6. The number of hydrogen-bond donors (Lipinski definition) is 1.